The molecule has 0 spiro atoms. The van der Waals surface area contributed by atoms with Gasteiger partial charge in [-0.1, -0.05) is 11.6 Å². The third-order valence-electron chi connectivity index (χ3n) is 3.45. The molecule has 1 aromatic carbocycles. The molecule has 2 N–H and O–H groups in total. The summed E-state index contributed by atoms with van der Waals surface area (Å²) in [5.41, 5.74) is 0.349. The molecule has 8 heteroatoms. The maximum atomic E-state index is 12.3. The van der Waals surface area contributed by atoms with Crippen LogP contribution in [0.1, 0.15) is 23.2 Å². The highest BCUT2D eigenvalue weighted by molar-refractivity contribution is 6.31. The van der Waals surface area contributed by atoms with Crippen LogP contribution in [0.25, 0.3) is 0 Å². The number of amides is 2. The van der Waals surface area contributed by atoms with E-state index in [0.29, 0.717) is 24.4 Å². The van der Waals surface area contributed by atoms with Crippen molar-refractivity contribution in [3.05, 3.63) is 28.8 Å². The Morgan fingerprint density at radius 2 is 2.14 bits per heavy atom. The van der Waals surface area contributed by atoms with E-state index in [2.05, 4.69) is 10.1 Å². The Hall–Kier alpha value is -2.28. The van der Waals surface area contributed by atoms with Gasteiger partial charge in [-0.3, -0.25) is 9.69 Å². The Labute approximate surface area is 131 Å². The molecule has 22 heavy (non-hydrogen) atoms. The van der Waals surface area contributed by atoms with Crippen LogP contribution in [0.4, 0.5) is 10.5 Å². The first-order valence-electron chi connectivity index (χ1n) is 6.62. The van der Waals surface area contributed by atoms with Gasteiger partial charge < -0.3 is 15.2 Å². The third kappa shape index (κ3) is 3.30. The van der Waals surface area contributed by atoms with E-state index in [-0.39, 0.29) is 11.3 Å². The Kier molecular flexibility index (Phi) is 4.87. The number of rotatable bonds is 3. The number of hydrogen-bond donors (Lipinski definition) is 2. The van der Waals surface area contributed by atoms with Gasteiger partial charge in [-0.05, 0) is 31.0 Å². The standard InChI is InChI=1S/C14H15ClN2O5/c1-22-13(19)9-5-4-8(15)7-10(9)16-12(18)11-3-2-6-17(11)14(20)21/h4-5,7,11H,2-3,6H2,1H3,(H,16,18)(H,20,21). The number of benzene rings is 1. The van der Waals surface area contributed by atoms with E-state index in [1.807, 2.05) is 0 Å². The van der Waals surface area contributed by atoms with Gasteiger partial charge in [0.25, 0.3) is 0 Å². The fourth-order valence-electron chi connectivity index (χ4n) is 2.39. The first-order chi connectivity index (χ1) is 10.4. The third-order valence-corrected chi connectivity index (χ3v) is 3.68. The Balaban J connectivity index is 2.23. The predicted molar refractivity (Wildman–Crippen MR) is 79.2 cm³/mol. The molecular formula is C14H15ClN2O5. The van der Waals surface area contributed by atoms with Gasteiger partial charge >= 0.3 is 12.1 Å². The Morgan fingerprint density at radius 3 is 2.77 bits per heavy atom. The monoisotopic (exact) mass is 326 g/mol. The molecule has 1 heterocycles. The van der Waals surface area contributed by atoms with E-state index in [1.54, 1.807) is 0 Å². The molecule has 1 aliphatic rings. The second kappa shape index (κ2) is 6.65. The lowest BCUT2D eigenvalue weighted by atomic mass is 10.1. The quantitative estimate of drug-likeness (QED) is 0.830. The van der Waals surface area contributed by atoms with E-state index in [9.17, 15) is 14.4 Å². The molecule has 2 amide bonds. The Morgan fingerprint density at radius 1 is 1.41 bits per heavy atom. The smallest absolute Gasteiger partial charge is 0.407 e. The first-order valence-corrected chi connectivity index (χ1v) is 7.00. The van der Waals surface area contributed by atoms with Gasteiger partial charge in [0, 0.05) is 11.6 Å². The minimum Gasteiger partial charge on any atom is -0.465 e. The van der Waals surface area contributed by atoms with Gasteiger partial charge in [0.1, 0.15) is 6.04 Å². The van der Waals surface area contributed by atoms with Crippen LogP contribution in [0, 0.1) is 0 Å². The molecule has 1 aliphatic heterocycles. The number of nitrogens with one attached hydrogen (secondary N) is 1. The van der Waals surface area contributed by atoms with Crippen molar-refractivity contribution < 1.29 is 24.2 Å². The van der Waals surface area contributed by atoms with E-state index < -0.39 is 24.0 Å². The number of anilines is 1. The van der Waals surface area contributed by atoms with Gasteiger partial charge in [0.15, 0.2) is 0 Å². The van der Waals surface area contributed by atoms with Crippen molar-refractivity contribution in [1.29, 1.82) is 0 Å². The van der Waals surface area contributed by atoms with Gasteiger partial charge in [-0.2, -0.15) is 0 Å². The number of esters is 1. The van der Waals surface area contributed by atoms with E-state index in [1.165, 1.54) is 25.3 Å². The Bertz CT molecular complexity index is 619. The van der Waals surface area contributed by atoms with Crippen molar-refractivity contribution in [3.63, 3.8) is 0 Å². The summed E-state index contributed by atoms with van der Waals surface area (Å²) in [6.07, 6.45) is -0.0901. The highest BCUT2D eigenvalue weighted by atomic mass is 35.5. The van der Waals surface area contributed by atoms with E-state index >= 15 is 0 Å². The normalized spacial score (nSPS) is 17.2. The first kappa shape index (κ1) is 16.1. The van der Waals surface area contributed by atoms with Crippen molar-refractivity contribution in [2.75, 3.05) is 19.0 Å². The lowest BCUT2D eigenvalue weighted by molar-refractivity contribution is -0.119. The van der Waals surface area contributed by atoms with E-state index in [4.69, 9.17) is 16.7 Å². The zero-order valence-corrected chi connectivity index (χ0v) is 12.6. The van der Waals surface area contributed by atoms with Gasteiger partial charge in [0.05, 0.1) is 18.4 Å². The maximum Gasteiger partial charge on any atom is 0.407 e. The number of hydrogen-bond acceptors (Lipinski definition) is 4. The largest absolute Gasteiger partial charge is 0.465 e. The fourth-order valence-corrected chi connectivity index (χ4v) is 2.56. The van der Waals surface area contributed by atoms with E-state index in [0.717, 1.165) is 4.90 Å². The lowest BCUT2D eigenvalue weighted by Crippen LogP contribution is -2.42. The molecule has 0 bridgehead atoms. The summed E-state index contributed by atoms with van der Waals surface area (Å²) in [5.74, 6) is -1.11. The summed E-state index contributed by atoms with van der Waals surface area (Å²) >= 11 is 5.88. The molecule has 2 rings (SSSR count). The zero-order chi connectivity index (χ0) is 16.3. The summed E-state index contributed by atoms with van der Waals surface area (Å²) in [6, 6.07) is 3.59. The molecule has 0 aromatic heterocycles. The molecule has 1 saturated heterocycles. The number of carboxylic acid groups (broad SMARTS) is 1. The van der Waals surface area contributed by atoms with Crippen molar-refractivity contribution in [2.24, 2.45) is 0 Å². The van der Waals surface area contributed by atoms with Crippen molar-refractivity contribution in [3.8, 4) is 0 Å². The molecule has 0 saturated carbocycles. The van der Waals surface area contributed by atoms with Crippen molar-refractivity contribution in [2.45, 2.75) is 18.9 Å². The van der Waals surface area contributed by atoms with Crippen LogP contribution in [0.2, 0.25) is 5.02 Å². The average molecular weight is 327 g/mol. The van der Waals surface area contributed by atoms with Gasteiger partial charge in [-0.25, -0.2) is 9.59 Å². The number of likely N-dealkylation sites (tertiary alicyclic amines) is 1. The molecule has 0 radical (unpaired) electrons. The van der Waals surface area contributed by atoms with Crippen LogP contribution in [0.5, 0.6) is 0 Å². The number of carbonyl (C=O) groups is 3. The second-order valence-electron chi connectivity index (χ2n) is 4.80. The molecule has 1 aromatic rings. The summed E-state index contributed by atoms with van der Waals surface area (Å²) in [6.45, 7) is 0.312. The molecular weight excluding hydrogens is 312 g/mol. The second-order valence-corrected chi connectivity index (χ2v) is 5.24. The highest BCUT2D eigenvalue weighted by Crippen LogP contribution is 2.24. The number of methoxy groups -OCH3 is 1. The maximum absolute atomic E-state index is 12.3. The van der Waals surface area contributed by atoms with Crippen LogP contribution in [-0.2, 0) is 9.53 Å². The van der Waals surface area contributed by atoms with Crippen LogP contribution in [-0.4, -0.2) is 47.7 Å². The summed E-state index contributed by atoms with van der Waals surface area (Å²) in [5, 5.41) is 12.0. The number of ether oxygens (including phenoxy) is 1. The number of carbonyl (C=O) groups excluding carboxylic acids is 2. The topological polar surface area (TPSA) is 95.9 Å². The molecule has 0 aliphatic carbocycles. The number of halogens is 1. The molecule has 1 atom stereocenters. The van der Waals surface area contributed by atoms with Gasteiger partial charge in [-0.15, -0.1) is 0 Å². The number of nitrogens with zero attached hydrogens (tertiary/aromatic N) is 1. The molecule has 1 fully saturated rings. The summed E-state index contributed by atoms with van der Waals surface area (Å²) in [7, 11) is 1.23. The minimum atomic E-state index is -1.14. The van der Waals surface area contributed by atoms with Crippen molar-refractivity contribution in [1.82, 2.24) is 4.90 Å². The van der Waals surface area contributed by atoms with Crippen LogP contribution in [0.3, 0.4) is 0 Å². The van der Waals surface area contributed by atoms with Crippen LogP contribution in [0.15, 0.2) is 18.2 Å². The molecule has 1 unspecified atom stereocenters. The SMILES string of the molecule is COC(=O)c1ccc(Cl)cc1NC(=O)C1CCCN1C(=O)O. The van der Waals surface area contributed by atoms with Gasteiger partial charge in [0.2, 0.25) is 5.91 Å². The summed E-state index contributed by atoms with van der Waals surface area (Å²) < 4.78 is 4.65. The molecule has 118 valence electrons. The van der Waals surface area contributed by atoms with Crippen molar-refractivity contribution >= 4 is 35.3 Å². The molecule has 7 nitrogen and oxygen atoms in total. The minimum absolute atomic E-state index is 0.153. The van der Waals surface area contributed by atoms with Crippen LogP contribution >= 0.6 is 11.6 Å². The van der Waals surface area contributed by atoms with Crippen LogP contribution < -0.4 is 5.32 Å². The summed E-state index contributed by atoms with van der Waals surface area (Å²) in [4.78, 5) is 36.2. The zero-order valence-electron chi connectivity index (χ0n) is 11.8. The predicted octanol–water partition coefficient (Wildman–Crippen LogP) is 2.21. The average Bonchev–Trinajstić information content (AvgIpc) is 2.96. The highest BCUT2D eigenvalue weighted by Gasteiger charge is 2.34. The lowest BCUT2D eigenvalue weighted by Gasteiger charge is -2.21. The fraction of sp³-hybridized carbons (Fsp3) is 0.357.